The predicted molar refractivity (Wildman–Crippen MR) is 90.9 cm³/mol. The first-order valence-electron chi connectivity index (χ1n) is 7.80. The minimum Gasteiger partial charge on any atom is -0.312 e. The number of hydrogen-bond acceptors (Lipinski definition) is 1. The lowest BCUT2D eigenvalue weighted by molar-refractivity contribution is 0.416. The van der Waals surface area contributed by atoms with Crippen LogP contribution in [0.2, 0.25) is 5.02 Å². The van der Waals surface area contributed by atoms with Crippen molar-refractivity contribution in [1.82, 2.24) is 5.32 Å². The Kier molecular flexibility index (Phi) is 7.05. The molecule has 1 N–H and O–H groups in total. The SMILES string of the molecule is Cc1cc(Cl)c(CCCCCCNC(C)(C)C)cc1C. The maximum Gasteiger partial charge on any atom is 0.0440 e. The second-order valence-corrected chi connectivity index (χ2v) is 7.28. The highest BCUT2D eigenvalue weighted by Gasteiger charge is 2.07. The zero-order valence-electron chi connectivity index (χ0n) is 13.8. The number of rotatable bonds is 7. The molecule has 0 saturated carbocycles. The molecule has 0 aliphatic carbocycles. The average molecular weight is 296 g/mol. The number of aryl methyl sites for hydroxylation is 3. The molecule has 0 unspecified atom stereocenters. The van der Waals surface area contributed by atoms with Crippen LogP contribution in [0.3, 0.4) is 0 Å². The minimum absolute atomic E-state index is 0.243. The zero-order valence-corrected chi connectivity index (χ0v) is 14.5. The summed E-state index contributed by atoms with van der Waals surface area (Å²) in [6.07, 6.45) is 6.18. The number of halogens is 1. The molecule has 0 saturated heterocycles. The van der Waals surface area contributed by atoms with Gasteiger partial charge in [-0.1, -0.05) is 30.5 Å². The molecule has 0 amide bonds. The third-order valence-corrected chi connectivity index (χ3v) is 4.04. The van der Waals surface area contributed by atoms with Crippen molar-refractivity contribution >= 4 is 11.6 Å². The molecule has 0 aromatic heterocycles. The molecule has 1 aromatic carbocycles. The zero-order chi connectivity index (χ0) is 15.2. The van der Waals surface area contributed by atoms with Gasteiger partial charge in [0.05, 0.1) is 0 Å². The van der Waals surface area contributed by atoms with Gasteiger partial charge in [0.25, 0.3) is 0 Å². The van der Waals surface area contributed by atoms with Gasteiger partial charge in [-0.3, -0.25) is 0 Å². The Hall–Kier alpha value is -0.530. The Morgan fingerprint density at radius 3 is 2.20 bits per heavy atom. The van der Waals surface area contributed by atoms with E-state index < -0.39 is 0 Å². The van der Waals surface area contributed by atoms with Gasteiger partial charge in [-0.15, -0.1) is 0 Å². The van der Waals surface area contributed by atoms with Gasteiger partial charge < -0.3 is 5.32 Å². The predicted octanol–water partition coefficient (Wildman–Crippen LogP) is 5.45. The van der Waals surface area contributed by atoms with Crippen molar-refractivity contribution in [3.05, 3.63) is 33.8 Å². The summed E-state index contributed by atoms with van der Waals surface area (Å²) in [6, 6.07) is 4.35. The lowest BCUT2D eigenvalue weighted by Crippen LogP contribution is -2.36. The van der Waals surface area contributed by atoms with Crippen LogP contribution < -0.4 is 5.32 Å². The van der Waals surface area contributed by atoms with E-state index in [0.717, 1.165) is 18.0 Å². The van der Waals surface area contributed by atoms with Gasteiger partial charge in [0.15, 0.2) is 0 Å². The largest absolute Gasteiger partial charge is 0.312 e. The van der Waals surface area contributed by atoms with E-state index in [9.17, 15) is 0 Å². The first-order valence-corrected chi connectivity index (χ1v) is 8.18. The highest BCUT2D eigenvalue weighted by molar-refractivity contribution is 6.31. The Bertz CT molecular complexity index is 418. The maximum atomic E-state index is 6.30. The summed E-state index contributed by atoms with van der Waals surface area (Å²) in [7, 11) is 0. The Labute approximate surface area is 130 Å². The normalized spacial score (nSPS) is 11.9. The first-order chi connectivity index (χ1) is 9.29. The summed E-state index contributed by atoms with van der Waals surface area (Å²) >= 11 is 6.30. The lowest BCUT2D eigenvalue weighted by atomic mass is 10.0. The molecule has 0 bridgehead atoms. The van der Waals surface area contributed by atoms with Gasteiger partial charge in [-0.05, 0) is 83.2 Å². The van der Waals surface area contributed by atoms with E-state index in [2.05, 4.69) is 52.1 Å². The summed E-state index contributed by atoms with van der Waals surface area (Å²) in [5, 5.41) is 4.47. The van der Waals surface area contributed by atoms with Crippen LogP contribution in [0.5, 0.6) is 0 Å². The Morgan fingerprint density at radius 2 is 1.55 bits per heavy atom. The van der Waals surface area contributed by atoms with E-state index in [1.165, 1.54) is 42.4 Å². The third-order valence-electron chi connectivity index (χ3n) is 3.69. The standard InChI is InChI=1S/C18H30ClN/c1-14-12-16(17(19)13-15(14)2)10-8-6-7-9-11-20-18(3,4)5/h12-13,20H,6-11H2,1-5H3. The van der Waals surface area contributed by atoms with E-state index in [0.29, 0.717) is 0 Å². The number of benzene rings is 1. The number of nitrogens with one attached hydrogen (secondary N) is 1. The molecule has 1 aromatic rings. The topological polar surface area (TPSA) is 12.0 Å². The maximum absolute atomic E-state index is 6.30. The van der Waals surface area contributed by atoms with Gasteiger partial charge in [-0.2, -0.15) is 0 Å². The summed E-state index contributed by atoms with van der Waals surface area (Å²) in [6.45, 7) is 12.0. The van der Waals surface area contributed by atoms with Crippen molar-refractivity contribution in [2.24, 2.45) is 0 Å². The van der Waals surface area contributed by atoms with E-state index in [1.807, 2.05) is 0 Å². The molecular formula is C18H30ClN. The average Bonchev–Trinajstić information content (AvgIpc) is 2.32. The second kappa shape index (κ2) is 8.05. The van der Waals surface area contributed by atoms with Gasteiger partial charge in [-0.25, -0.2) is 0 Å². The van der Waals surface area contributed by atoms with Crippen molar-refractivity contribution in [3.8, 4) is 0 Å². The molecule has 0 aliphatic rings. The fourth-order valence-corrected chi connectivity index (χ4v) is 2.60. The Morgan fingerprint density at radius 1 is 0.950 bits per heavy atom. The van der Waals surface area contributed by atoms with E-state index in [1.54, 1.807) is 0 Å². The fourth-order valence-electron chi connectivity index (χ4n) is 2.29. The van der Waals surface area contributed by atoms with E-state index in [-0.39, 0.29) is 5.54 Å². The van der Waals surface area contributed by atoms with Crippen LogP contribution >= 0.6 is 11.6 Å². The molecule has 0 heterocycles. The van der Waals surface area contributed by atoms with Crippen molar-refractivity contribution in [2.45, 2.75) is 72.3 Å². The molecule has 1 nitrogen and oxygen atoms in total. The second-order valence-electron chi connectivity index (χ2n) is 6.87. The molecule has 114 valence electrons. The van der Waals surface area contributed by atoms with Gasteiger partial charge in [0.1, 0.15) is 0 Å². The van der Waals surface area contributed by atoms with Crippen molar-refractivity contribution in [3.63, 3.8) is 0 Å². The van der Waals surface area contributed by atoms with Crippen LogP contribution in [0.15, 0.2) is 12.1 Å². The number of hydrogen-bond donors (Lipinski definition) is 1. The van der Waals surface area contributed by atoms with Gasteiger partial charge in [0.2, 0.25) is 0 Å². The van der Waals surface area contributed by atoms with Crippen LogP contribution in [0.25, 0.3) is 0 Å². The smallest absolute Gasteiger partial charge is 0.0440 e. The molecule has 2 heteroatoms. The number of unbranched alkanes of at least 4 members (excludes halogenated alkanes) is 3. The summed E-state index contributed by atoms with van der Waals surface area (Å²) < 4.78 is 0. The summed E-state index contributed by atoms with van der Waals surface area (Å²) in [4.78, 5) is 0. The first kappa shape index (κ1) is 17.5. The monoisotopic (exact) mass is 295 g/mol. The molecule has 0 fully saturated rings. The third kappa shape index (κ3) is 6.76. The Balaban J connectivity index is 2.20. The van der Waals surface area contributed by atoms with Crippen LogP contribution in [0.1, 0.15) is 63.1 Å². The lowest BCUT2D eigenvalue weighted by Gasteiger charge is -2.20. The molecular weight excluding hydrogens is 266 g/mol. The van der Waals surface area contributed by atoms with Crippen molar-refractivity contribution in [1.29, 1.82) is 0 Å². The summed E-state index contributed by atoms with van der Waals surface area (Å²) in [5.74, 6) is 0. The van der Waals surface area contributed by atoms with Crippen molar-refractivity contribution in [2.75, 3.05) is 6.54 Å². The molecule has 1 rings (SSSR count). The minimum atomic E-state index is 0.243. The highest BCUT2D eigenvalue weighted by atomic mass is 35.5. The molecule has 0 radical (unpaired) electrons. The van der Waals surface area contributed by atoms with Crippen LogP contribution in [0, 0.1) is 13.8 Å². The molecule has 0 spiro atoms. The molecule has 0 aliphatic heterocycles. The molecule has 20 heavy (non-hydrogen) atoms. The quantitative estimate of drug-likeness (QED) is 0.660. The van der Waals surface area contributed by atoms with Gasteiger partial charge in [0, 0.05) is 10.6 Å². The van der Waals surface area contributed by atoms with Crippen LogP contribution in [-0.2, 0) is 6.42 Å². The highest BCUT2D eigenvalue weighted by Crippen LogP contribution is 2.22. The van der Waals surface area contributed by atoms with Crippen LogP contribution in [-0.4, -0.2) is 12.1 Å². The van der Waals surface area contributed by atoms with E-state index in [4.69, 9.17) is 11.6 Å². The van der Waals surface area contributed by atoms with Gasteiger partial charge >= 0.3 is 0 Å². The van der Waals surface area contributed by atoms with Crippen molar-refractivity contribution < 1.29 is 0 Å². The fraction of sp³-hybridized carbons (Fsp3) is 0.667. The van der Waals surface area contributed by atoms with E-state index >= 15 is 0 Å². The molecule has 0 atom stereocenters. The van der Waals surface area contributed by atoms with Crippen LogP contribution in [0.4, 0.5) is 0 Å². The summed E-state index contributed by atoms with van der Waals surface area (Å²) in [5.41, 5.74) is 4.18.